The van der Waals surface area contributed by atoms with Crippen LogP contribution in [0.5, 0.6) is 0 Å². The number of fused-ring (bicyclic) bond motifs is 1. The Labute approximate surface area is 208 Å². The molecule has 0 saturated carbocycles. The Hall–Kier alpha value is -3.37. The van der Waals surface area contributed by atoms with Crippen molar-refractivity contribution in [2.45, 2.75) is 46.1 Å². The largest absolute Gasteiger partial charge is 0.326 e. The smallest absolute Gasteiger partial charge is 0.226 e. The van der Waals surface area contributed by atoms with Gasteiger partial charge in [-0.15, -0.1) is 0 Å². The second-order valence-corrected chi connectivity index (χ2v) is 10.2. The number of piperidine rings is 1. The van der Waals surface area contributed by atoms with Crippen molar-refractivity contribution in [3.8, 4) is 5.69 Å². The van der Waals surface area contributed by atoms with Crippen LogP contribution in [0.2, 0.25) is 0 Å². The van der Waals surface area contributed by atoms with Gasteiger partial charge in [0, 0.05) is 35.4 Å². The van der Waals surface area contributed by atoms with Crippen molar-refractivity contribution >= 4 is 22.5 Å². The summed E-state index contributed by atoms with van der Waals surface area (Å²) < 4.78 is 2.29. The van der Waals surface area contributed by atoms with Crippen molar-refractivity contribution in [2.75, 3.05) is 18.4 Å². The molecular formula is C31H35N3O. The van der Waals surface area contributed by atoms with Crippen molar-refractivity contribution in [1.29, 1.82) is 0 Å². The number of nitrogens with one attached hydrogen (secondary N) is 1. The van der Waals surface area contributed by atoms with Crippen LogP contribution >= 0.6 is 0 Å². The van der Waals surface area contributed by atoms with Crippen LogP contribution in [-0.2, 0) is 11.3 Å². The maximum absolute atomic E-state index is 12.1. The summed E-state index contributed by atoms with van der Waals surface area (Å²) in [5.41, 5.74) is 7.40. The van der Waals surface area contributed by atoms with E-state index in [0.29, 0.717) is 5.92 Å². The van der Waals surface area contributed by atoms with Crippen LogP contribution < -0.4 is 5.32 Å². The Bertz CT molecular complexity index is 1330. The Morgan fingerprint density at radius 1 is 0.971 bits per heavy atom. The molecule has 0 spiro atoms. The number of rotatable bonds is 6. The molecular weight excluding hydrogens is 430 g/mol. The summed E-state index contributed by atoms with van der Waals surface area (Å²) in [6, 6.07) is 26.1. The molecule has 0 aliphatic carbocycles. The molecule has 1 fully saturated rings. The summed E-state index contributed by atoms with van der Waals surface area (Å²) in [5, 5.41) is 4.33. The van der Waals surface area contributed by atoms with Crippen molar-refractivity contribution in [3.63, 3.8) is 0 Å². The van der Waals surface area contributed by atoms with E-state index >= 15 is 0 Å². The van der Waals surface area contributed by atoms with Gasteiger partial charge in [0.2, 0.25) is 5.91 Å². The van der Waals surface area contributed by atoms with Gasteiger partial charge in [-0.2, -0.15) is 0 Å². The van der Waals surface area contributed by atoms with Gasteiger partial charge in [-0.05, 0) is 91.9 Å². The van der Waals surface area contributed by atoms with Gasteiger partial charge in [0.05, 0.1) is 5.52 Å². The predicted octanol–water partition coefficient (Wildman–Crippen LogP) is 6.91. The molecule has 4 aromatic rings. The molecule has 1 aromatic heterocycles. The van der Waals surface area contributed by atoms with E-state index in [9.17, 15) is 4.79 Å². The Balaban J connectivity index is 1.22. The fourth-order valence-corrected chi connectivity index (χ4v) is 5.17. The lowest BCUT2D eigenvalue weighted by Gasteiger charge is -2.32. The first-order chi connectivity index (χ1) is 17.0. The molecule has 0 unspecified atom stereocenters. The summed E-state index contributed by atoms with van der Waals surface area (Å²) in [7, 11) is 0. The highest BCUT2D eigenvalue weighted by Crippen LogP contribution is 2.31. The number of likely N-dealkylation sites (tertiary alicyclic amines) is 1. The van der Waals surface area contributed by atoms with Gasteiger partial charge >= 0.3 is 0 Å². The van der Waals surface area contributed by atoms with Gasteiger partial charge in [0.25, 0.3) is 0 Å². The van der Waals surface area contributed by atoms with E-state index in [1.165, 1.54) is 33.3 Å². The lowest BCUT2D eigenvalue weighted by molar-refractivity contribution is -0.118. The zero-order chi connectivity index (χ0) is 24.4. The number of hydrogen-bond acceptors (Lipinski definition) is 2. The monoisotopic (exact) mass is 465 g/mol. The van der Waals surface area contributed by atoms with Crippen molar-refractivity contribution in [3.05, 3.63) is 95.7 Å². The number of para-hydroxylation sites is 1. The molecule has 5 rings (SSSR count). The molecule has 4 heteroatoms. The Morgan fingerprint density at radius 3 is 2.54 bits per heavy atom. The molecule has 180 valence electrons. The fraction of sp³-hybridized carbons (Fsp3) is 0.323. The molecule has 4 nitrogen and oxygen atoms in total. The van der Waals surface area contributed by atoms with Gasteiger partial charge in [-0.3, -0.25) is 9.69 Å². The number of anilines is 1. The summed E-state index contributed by atoms with van der Waals surface area (Å²) in [6.45, 7) is 9.18. The molecule has 1 saturated heterocycles. The van der Waals surface area contributed by atoms with Gasteiger partial charge in [-0.1, -0.05) is 50.2 Å². The predicted molar refractivity (Wildman–Crippen MR) is 145 cm³/mol. The molecule has 0 atom stereocenters. The zero-order valence-electron chi connectivity index (χ0n) is 21.0. The highest BCUT2D eigenvalue weighted by Gasteiger charge is 2.21. The number of carbonyl (C=O) groups excluding carboxylic acids is 1. The van der Waals surface area contributed by atoms with E-state index in [-0.39, 0.29) is 11.8 Å². The average Bonchev–Trinajstić information content (AvgIpc) is 3.28. The number of aromatic nitrogens is 1. The van der Waals surface area contributed by atoms with Gasteiger partial charge < -0.3 is 9.88 Å². The number of amides is 1. The molecule has 0 bridgehead atoms. The third kappa shape index (κ3) is 5.18. The summed E-state index contributed by atoms with van der Waals surface area (Å²) in [6.07, 6.45) is 4.47. The van der Waals surface area contributed by atoms with Crippen LogP contribution in [-0.4, -0.2) is 28.5 Å². The number of benzene rings is 3. The number of hydrogen-bond donors (Lipinski definition) is 1. The molecule has 1 aliphatic rings. The van der Waals surface area contributed by atoms with Gasteiger partial charge in [0.1, 0.15) is 0 Å². The third-order valence-electron chi connectivity index (χ3n) is 7.27. The van der Waals surface area contributed by atoms with Crippen LogP contribution in [0.3, 0.4) is 0 Å². The minimum Gasteiger partial charge on any atom is -0.326 e. The Morgan fingerprint density at radius 2 is 1.77 bits per heavy atom. The minimum absolute atomic E-state index is 0.0119. The van der Waals surface area contributed by atoms with Crippen molar-refractivity contribution in [2.24, 2.45) is 5.92 Å². The standard InChI is InChI=1S/C31H35N3O/c1-22(2)31(35)32-28-9-6-8-26(20-28)25-13-16-33(17-14-25)21-24-11-12-30-27(19-24)15-18-34(30)29-10-5-4-7-23(29)3/h4-12,15,18-20,22,25H,13-14,16-17,21H2,1-3H3,(H,32,35). The maximum atomic E-state index is 12.1. The van der Waals surface area contributed by atoms with Crippen molar-refractivity contribution < 1.29 is 4.79 Å². The van der Waals surface area contributed by atoms with Gasteiger partial charge in [0.15, 0.2) is 0 Å². The summed E-state index contributed by atoms with van der Waals surface area (Å²) >= 11 is 0. The SMILES string of the molecule is Cc1ccccc1-n1ccc2cc(CN3CCC(c4cccc(NC(=O)C(C)C)c4)CC3)ccc21. The molecule has 1 aliphatic heterocycles. The fourth-order valence-electron chi connectivity index (χ4n) is 5.17. The molecule has 0 radical (unpaired) electrons. The van der Waals surface area contributed by atoms with Gasteiger partial charge in [-0.25, -0.2) is 0 Å². The van der Waals surface area contributed by atoms with Crippen LogP contribution in [0.4, 0.5) is 5.69 Å². The average molecular weight is 466 g/mol. The minimum atomic E-state index is -0.0119. The van der Waals surface area contributed by atoms with E-state index < -0.39 is 0 Å². The second kappa shape index (κ2) is 10.1. The molecule has 2 heterocycles. The lowest BCUT2D eigenvalue weighted by atomic mass is 9.89. The van der Waals surface area contributed by atoms with Crippen LogP contribution in [0.1, 0.15) is 49.3 Å². The van der Waals surface area contributed by atoms with E-state index in [1.807, 2.05) is 19.9 Å². The summed E-state index contributed by atoms with van der Waals surface area (Å²) in [5.74, 6) is 0.609. The quantitative estimate of drug-likeness (QED) is 0.336. The number of nitrogens with zero attached hydrogens (tertiary/aromatic N) is 2. The second-order valence-electron chi connectivity index (χ2n) is 10.2. The summed E-state index contributed by atoms with van der Waals surface area (Å²) in [4.78, 5) is 14.6. The first-order valence-electron chi connectivity index (χ1n) is 12.8. The number of aryl methyl sites for hydroxylation is 1. The van der Waals surface area contributed by atoms with Crippen LogP contribution in [0.25, 0.3) is 16.6 Å². The first-order valence-corrected chi connectivity index (χ1v) is 12.8. The van der Waals surface area contributed by atoms with Crippen molar-refractivity contribution in [1.82, 2.24) is 9.47 Å². The highest BCUT2D eigenvalue weighted by atomic mass is 16.1. The topological polar surface area (TPSA) is 37.3 Å². The van der Waals surface area contributed by atoms with E-state index in [4.69, 9.17) is 0 Å². The molecule has 35 heavy (non-hydrogen) atoms. The highest BCUT2D eigenvalue weighted by molar-refractivity contribution is 5.92. The zero-order valence-corrected chi connectivity index (χ0v) is 21.0. The van der Waals surface area contributed by atoms with Crippen LogP contribution in [0, 0.1) is 12.8 Å². The van der Waals surface area contributed by atoms with E-state index in [2.05, 4.69) is 94.6 Å². The molecule has 1 N–H and O–H groups in total. The maximum Gasteiger partial charge on any atom is 0.226 e. The lowest BCUT2D eigenvalue weighted by Crippen LogP contribution is -2.32. The molecule has 1 amide bonds. The molecule has 3 aromatic carbocycles. The third-order valence-corrected chi connectivity index (χ3v) is 7.27. The van der Waals surface area contributed by atoms with Crippen LogP contribution in [0.15, 0.2) is 79.0 Å². The Kier molecular flexibility index (Phi) is 6.74. The van der Waals surface area contributed by atoms with E-state index in [0.717, 1.165) is 38.2 Å². The number of carbonyl (C=O) groups is 1. The normalized spacial score (nSPS) is 15.1. The van der Waals surface area contributed by atoms with E-state index in [1.54, 1.807) is 0 Å². The first kappa shape index (κ1) is 23.4.